The lowest BCUT2D eigenvalue weighted by Crippen LogP contribution is -2.08. The zero-order valence-electron chi connectivity index (χ0n) is 14.8. The van der Waals surface area contributed by atoms with Crippen LogP contribution in [0.5, 0.6) is 11.5 Å². The van der Waals surface area contributed by atoms with Crippen LogP contribution in [-0.4, -0.2) is 27.3 Å². The van der Waals surface area contributed by atoms with Crippen LogP contribution in [0.15, 0.2) is 52.5 Å². The highest BCUT2D eigenvalue weighted by Gasteiger charge is 2.19. The van der Waals surface area contributed by atoms with Crippen molar-refractivity contribution >= 4 is 27.5 Å². The number of benzene rings is 2. The summed E-state index contributed by atoms with van der Waals surface area (Å²) < 4.78 is 16.7. The van der Waals surface area contributed by atoms with Crippen molar-refractivity contribution < 1.29 is 19.0 Å². The summed E-state index contributed by atoms with van der Waals surface area (Å²) in [5.41, 5.74) is 3.22. The van der Waals surface area contributed by atoms with Gasteiger partial charge in [-0.2, -0.15) is 0 Å². The maximum absolute atomic E-state index is 12.3. The molecule has 0 N–H and O–H groups in total. The molecule has 5 heteroatoms. The van der Waals surface area contributed by atoms with E-state index in [1.165, 1.54) is 7.11 Å². The Kier molecular flexibility index (Phi) is 6.65. The van der Waals surface area contributed by atoms with Crippen LogP contribution in [0.2, 0.25) is 0 Å². The van der Waals surface area contributed by atoms with Gasteiger partial charge in [0.1, 0.15) is 0 Å². The Bertz CT molecular complexity index is 779. The van der Waals surface area contributed by atoms with Gasteiger partial charge in [-0.1, -0.05) is 41.1 Å². The second-order valence-corrected chi connectivity index (χ2v) is 6.19. The third-order valence-corrected chi connectivity index (χ3v) is 4.42. The normalized spacial score (nSPS) is 11.6. The first-order valence-corrected chi connectivity index (χ1v) is 8.64. The fourth-order valence-electron chi connectivity index (χ4n) is 2.67. The van der Waals surface area contributed by atoms with Gasteiger partial charge < -0.3 is 14.2 Å². The van der Waals surface area contributed by atoms with E-state index >= 15 is 0 Å². The lowest BCUT2D eigenvalue weighted by atomic mass is 9.91. The summed E-state index contributed by atoms with van der Waals surface area (Å²) in [4.78, 5) is 12.3. The number of rotatable bonds is 6. The maximum atomic E-state index is 12.3. The van der Waals surface area contributed by atoms with Crippen LogP contribution >= 0.6 is 15.9 Å². The van der Waals surface area contributed by atoms with Gasteiger partial charge in [0.25, 0.3) is 0 Å². The van der Waals surface area contributed by atoms with Crippen molar-refractivity contribution in [3.8, 4) is 11.5 Å². The highest BCUT2D eigenvalue weighted by Crippen LogP contribution is 2.35. The summed E-state index contributed by atoms with van der Waals surface area (Å²) in [5.74, 6) is 0.905. The molecule has 2 aromatic rings. The van der Waals surface area contributed by atoms with Gasteiger partial charge in [0.2, 0.25) is 0 Å². The number of methoxy groups -OCH3 is 3. The van der Waals surface area contributed by atoms with E-state index in [0.717, 1.165) is 21.2 Å². The molecule has 0 aliphatic heterocycles. The lowest BCUT2D eigenvalue weighted by molar-refractivity contribution is -0.136. The van der Waals surface area contributed by atoms with Crippen molar-refractivity contribution in [3.63, 3.8) is 0 Å². The molecule has 0 bridgehead atoms. The van der Waals surface area contributed by atoms with E-state index < -0.39 is 0 Å². The first kappa shape index (κ1) is 19.1. The van der Waals surface area contributed by atoms with Gasteiger partial charge in [0, 0.05) is 10.0 Å². The number of esters is 1. The predicted octanol–water partition coefficient (Wildman–Crippen LogP) is 4.85. The maximum Gasteiger partial charge on any atom is 0.334 e. The summed E-state index contributed by atoms with van der Waals surface area (Å²) in [6.45, 7) is 1.94. The van der Waals surface area contributed by atoms with Crippen molar-refractivity contribution in [1.82, 2.24) is 0 Å². The zero-order chi connectivity index (χ0) is 18.4. The number of hydrogen-bond acceptors (Lipinski definition) is 4. The standard InChI is InChI=1S/C20H21BrO4/c1-5-16(20(22)25-4)19(13-6-9-15(21)10-7-13)14-8-11-17(23-2)18(12-14)24-3/h6-12H,5H2,1-4H3. The Morgan fingerprint density at radius 3 is 2.04 bits per heavy atom. The van der Waals surface area contributed by atoms with E-state index in [4.69, 9.17) is 14.2 Å². The number of hydrogen-bond donors (Lipinski definition) is 0. The zero-order valence-corrected chi connectivity index (χ0v) is 16.3. The third kappa shape index (κ3) is 4.23. The molecule has 0 aromatic heterocycles. The van der Waals surface area contributed by atoms with Gasteiger partial charge in [-0.25, -0.2) is 4.79 Å². The summed E-state index contributed by atoms with van der Waals surface area (Å²) >= 11 is 3.44. The smallest absolute Gasteiger partial charge is 0.334 e. The second kappa shape index (κ2) is 8.72. The van der Waals surface area contributed by atoms with E-state index in [0.29, 0.717) is 23.5 Å². The van der Waals surface area contributed by atoms with Crippen molar-refractivity contribution in [2.45, 2.75) is 13.3 Å². The van der Waals surface area contributed by atoms with E-state index in [1.807, 2.05) is 49.4 Å². The van der Waals surface area contributed by atoms with Gasteiger partial charge >= 0.3 is 5.97 Å². The molecule has 0 amide bonds. The van der Waals surface area contributed by atoms with Crippen molar-refractivity contribution in [3.05, 3.63) is 63.6 Å². The van der Waals surface area contributed by atoms with Crippen LogP contribution in [0.25, 0.3) is 5.57 Å². The molecule has 2 aromatic carbocycles. The molecule has 0 aliphatic rings. The quantitative estimate of drug-likeness (QED) is 0.509. The summed E-state index contributed by atoms with van der Waals surface area (Å²) in [6.07, 6.45) is 0.548. The molecule has 0 heterocycles. The topological polar surface area (TPSA) is 44.8 Å². The molecular formula is C20H21BrO4. The van der Waals surface area contributed by atoms with Crippen LogP contribution in [-0.2, 0) is 9.53 Å². The predicted molar refractivity (Wildman–Crippen MR) is 102 cm³/mol. The van der Waals surface area contributed by atoms with Gasteiger partial charge in [-0.15, -0.1) is 0 Å². The molecule has 132 valence electrons. The van der Waals surface area contributed by atoms with E-state index in [2.05, 4.69) is 15.9 Å². The van der Waals surface area contributed by atoms with Gasteiger partial charge in [0.05, 0.1) is 21.3 Å². The summed E-state index contributed by atoms with van der Waals surface area (Å²) in [7, 11) is 4.58. The van der Waals surface area contributed by atoms with Gasteiger partial charge in [-0.05, 0) is 47.4 Å². The minimum Gasteiger partial charge on any atom is -0.493 e. The van der Waals surface area contributed by atoms with Crippen LogP contribution in [0, 0.1) is 0 Å². The molecule has 25 heavy (non-hydrogen) atoms. The van der Waals surface area contributed by atoms with Crippen molar-refractivity contribution in [1.29, 1.82) is 0 Å². The number of halogens is 1. The Morgan fingerprint density at radius 2 is 1.52 bits per heavy atom. The number of carbonyl (C=O) groups excluding carboxylic acids is 1. The molecule has 0 radical (unpaired) electrons. The molecule has 0 saturated heterocycles. The number of carbonyl (C=O) groups is 1. The molecule has 0 atom stereocenters. The monoisotopic (exact) mass is 404 g/mol. The molecular weight excluding hydrogens is 384 g/mol. The first-order chi connectivity index (χ1) is 12.0. The average Bonchev–Trinajstić information content (AvgIpc) is 2.65. The Balaban J connectivity index is 2.73. The molecule has 4 nitrogen and oxygen atoms in total. The highest BCUT2D eigenvalue weighted by atomic mass is 79.9. The molecule has 2 rings (SSSR count). The lowest BCUT2D eigenvalue weighted by Gasteiger charge is -2.16. The highest BCUT2D eigenvalue weighted by molar-refractivity contribution is 9.10. The fraction of sp³-hybridized carbons (Fsp3) is 0.250. The first-order valence-electron chi connectivity index (χ1n) is 7.85. The minimum absolute atomic E-state index is 0.338. The van der Waals surface area contributed by atoms with Crippen LogP contribution < -0.4 is 9.47 Å². The van der Waals surface area contributed by atoms with Crippen LogP contribution in [0.1, 0.15) is 24.5 Å². The Labute approximate surface area is 156 Å². The molecule has 0 fully saturated rings. The average molecular weight is 405 g/mol. The van der Waals surface area contributed by atoms with E-state index in [-0.39, 0.29) is 5.97 Å². The van der Waals surface area contributed by atoms with E-state index in [1.54, 1.807) is 14.2 Å². The summed E-state index contributed by atoms with van der Waals surface area (Å²) in [6, 6.07) is 13.4. The molecule has 0 spiro atoms. The van der Waals surface area contributed by atoms with E-state index in [9.17, 15) is 4.79 Å². The molecule has 0 saturated carbocycles. The van der Waals surface area contributed by atoms with Crippen molar-refractivity contribution in [2.24, 2.45) is 0 Å². The van der Waals surface area contributed by atoms with Gasteiger partial charge in [-0.3, -0.25) is 0 Å². The van der Waals surface area contributed by atoms with Gasteiger partial charge in [0.15, 0.2) is 11.5 Å². The fourth-order valence-corrected chi connectivity index (χ4v) is 2.93. The SMILES string of the molecule is CCC(C(=O)OC)=C(c1ccc(Br)cc1)c1ccc(OC)c(OC)c1. The largest absolute Gasteiger partial charge is 0.493 e. The van der Waals surface area contributed by atoms with Crippen LogP contribution in [0.4, 0.5) is 0 Å². The minimum atomic E-state index is -0.338. The third-order valence-electron chi connectivity index (χ3n) is 3.89. The van der Waals surface area contributed by atoms with Crippen molar-refractivity contribution in [2.75, 3.05) is 21.3 Å². The molecule has 0 aliphatic carbocycles. The van der Waals surface area contributed by atoms with Crippen LogP contribution in [0.3, 0.4) is 0 Å². The Hall–Kier alpha value is -2.27. The summed E-state index contributed by atoms with van der Waals surface area (Å²) in [5, 5.41) is 0. The molecule has 0 unspecified atom stereocenters. The second-order valence-electron chi connectivity index (χ2n) is 5.28. The number of ether oxygens (including phenoxy) is 3. The Morgan fingerprint density at radius 1 is 0.920 bits per heavy atom.